The molecule has 1 heterocycles. The Hall–Kier alpha value is -2.20. The molecule has 1 fully saturated rings. The van der Waals surface area contributed by atoms with E-state index in [0.29, 0.717) is 13.1 Å². The highest BCUT2D eigenvalue weighted by Gasteiger charge is 2.30. The predicted octanol–water partition coefficient (Wildman–Crippen LogP) is 1.92. The molecule has 0 bridgehead atoms. The van der Waals surface area contributed by atoms with Crippen LogP contribution in [0.25, 0.3) is 0 Å². The van der Waals surface area contributed by atoms with Crippen LogP contribution in [0.1, 0.15) is 33.6 Å². The highest BCUT2D eigenvalue weighted by atomic mass is 32.2. The number of nitrogens with zero attached hydrogens (tertiary/aromatic N) is 2. The maximum Gasteiger partial charge on any atom is 0.312 e. The van der Waals surface area contributed by atoms with Crippen LogP contribution in [0.15, 0.2) is 23.1 Å². The summed E-state index contributed by atoms with van der Waals surface area (Å²) < 4.78 is 31.7. The van der Waals surface area contributed by atoms with E-state index < -0.39 is 33.1 Å². The number of ether oxygens (including phenoxy) is 1. The van der Waals surface area contributed by atoms with Gasteiger partial charge in [-0.1, -0.05) is 13.8 Å². The van der Waals surface area contributed by atoms with Gasteiger partial charge in [0.05, 0.1) is 9.82 Å². The third-order valence-corrected chi connectivity index (χ3v) is 6.47. The number of carbonyl (C=O) groups excluding carboxylic acids is 1. The van der Waals surface area contributed by atoms with E-state index in [-0.39, 0.29) is 22.6 Å². The van der Waals surface area contributed by atoms with E-state index in [0.717, 1.165) is 18.9 Å². The lowest BCUT2D eigenvalue weighted by Crippen LogP contribution is -2.39. The van der Waals surface area contributed by atoms with Crippen molar-refractivity contribution in [1.82, 2.24) is 9.62 Å². The van der Waals surface area contributed by atoms with Crippen molar-refractivity contribution in [2.24, 2.45) is 5.92 Å². The summed E-state index contributed by atoms with van der Waals surface area (Å²) in [5.41, 5.74) is -0.486. The fourth-order valence-electron chi connectivity index (χ4n) is 2.61. The third-order valence-electron chi connectivity index (χ3n) is 4.58. The van der Waals surface area contributed by atoms with Crippen molar-refractivity contribution in [2.75, 3.05) is 19.7 Å². The summed E-state index contributed by atoms with van der Waals surface area (Å²) >= 11 is 0. The lowest BCUT2D eigenvalue weighted by molar-refractivity contribution is -0.386. The average Bonchev–Trinajstić information content (AvgIpc) is 3.15. The van der Waals surface area contributed by atoms with Gasteiger partial charge in [-0.2, -0.15) is 4.31 Å². The first kappa shape index (κ1) is 21.1. The van der Waals surface area contributed by atoms with Gasteiger partial charge in [-0.3, -0.25) is 14.9 Å². The summed E-state index contributed by atoms with van der Waals surface area (Å²) in [7, 11) is -3.77. The molecule has 1 atom stereocenters. The van der Waals surface area contributed by atoms with Gasteiger partial charge in [-0.05, 0) is 37.8 Å². The van der Waals surface area contributed by atoms with E-state index in [1.54, 1.807) is 0 Å². The minimum Gasteiger partial charge on any atom is -0.477 e. The molecule has 0 aromatic heterocycles. The molecule has 27 heavy (non-hydrogen) atoms. The second kappa shape index (κ2) is 8.66. The molecule has 1 N–H and O–H groups in total. The number of nitrogens with one attached hydrogen (secondary N) is 1. The van der Waals surface area contributed by atoms with Crippen molar-refractivity contribution in [3.63, 3.8) is 0 Å². The second-order valence-electron chi connectivity index (χ2n) is 6.89. The molecule has 1 aliphatic heterocycles. The van der Waals surface area contributed by atoms with Crippen molar-refractivity contribution in [1.29, 1.82) is 0 Å². The first-order chi connectivity index (χ1) is 12.6. The maximum atomic E-state index is 12.6. The third kappa shape index (κ3) is 5.16. The van der Waals surface area contributed by atoms with Crippen molar-refractivity contribution in [3.8, 4) is 5.75 Å². The van der Waals surface area contributed by atoms with Gasteiger partial charge in [0.25, 0.3) is 5.91 Å². The summed E-state index contributed by atoms with van der Waals surface area (Å²) in [4.78, 5) is 22.4. The minimum absolute atomic E-state index is 0.0657. The molecule has 1 aromatic rings. The number of nitro groups is 1. The van der Waals surface area contributed by atoms with Crippen LogP contribution in [0.2, 0.25) is 0 Å². The Kier molecular flexibility index (Phi) is 6.77. The quantitative estimate of drug-likeness (QED) is 0.527. The molecule has 0 unspecified atom stereocenters. The molecule has 150 valence electrons. The smallest absolute Gasteiger partial charge is 0.312 e. The molecule has 2 rings (SSSR count). The number of benzene rings is 1. The molecule has 9 nitrogen and oxygen atoms in total. The summed E-state index contributed by atoms with van der Waals surface area (Å²) in [6, 6.07) is 3.41. The first-order valence-electron chi connectivity index (χ1n) is 8.83. The molecule has 10 heteroatoms. The van der Waals surface area contributed by atoms with E-state index in [1.807, 2.05) is 20.8 Å². The largest absolute Gasteiger partial charge is 0.477 e. The number of hydrogen-bond acceptors (Lipinski definition) is 6. The Labute approximate surface area is 158 Å². The Morgan fingerprint density at radius 3 is 2.48 bits per heavy atom. The van der Waals surface area contributed by atoms with Gasteiger partial charge in [-0.15, -0.1) is 0 Å². The highest BCUT2D eigenvalue weighted by molar-refractivity contribution is 7.89. The van der Waals surface area contributed by atoms with Gasteiger partial charge in [0.2, 0.25) is 10.0 Å². The predicted molar refractivity (Wildman–Crippen MR) is 99.0 cm³/mol. The van der Waals surface area contributed by atoms with Gasteiger partial charge in [0.1, 0.15) is 0 Å². The molecule has 0 spiro atoms. The van der Waals surface area contributed by atoms with Crippen molar-refractivity contribution < 1.29 is 22.9 Å². The van der Waals surface area contributed by atoms with Crippen LogP contribution in [0.5, 0.6) is 5.75 Å². The van der Waals surface area contributed by atoms with Gasteiger partial charge >= 0.3 is 5.69 Å². The lowest BCUT2D eigenvalue weighted by Gasteiger charge is -2.18. The van der Waals surface area contributed by atoms with Gasteiger partial charge in [0.15, 0.2) is 12.4 Å². The van der Waals surface area contributed by atoms with E-state index in [1.165, 1.54) is 16.4 Å². The zero-order valence-electron chi connectivity index (χ0n) is 15.7. The monoisotopic (exact) mass is 399 g/mol. The van der Waals surface area contributed by atoms with Gasteiger partial charge in [-0.25, -0.2) is 8.42 Å². The van der Waals surface area contributed by atoms with Crippen LogP contribution in [0, 0.1) is 16.0 Å². The normalized spacial score (nSPS) is 16.3. The van der Waals surface area contributed by atoms with E-state index in [9.17, 15) is 23.3 Å². The van der Waals surface area contributed by atoms with Crippen LogP contribution in [0.4, 0.5) is 5.69 Å². The zero-order valence-corrected chi connectivity index (χ0v) is 16.5. The Bertz CT molecular complexity index is 803. The van der Waals surface area contributed by atoms with Crippen molar-refractivity contribution >= 4 is 21.6 Å². The lowest BCUT2D eigenvalue weighted by atomic mass is 10.1. The number of sulfonamides is 1. The number of amides is 1. The molecule has 0 saturated carbocycles. The molecule has 1 aliphatic rings. The van der Waals surface area contributed by atoms with Crippen LogP contribution in [-0.4, -0.2) is 49.3 Å². The van der Waals surface area contributed by atoms with E-state index >= 15 is 0 Å². The van der Waals surface area contributed by atoms with Crippen LogP contribution >= 0.6 is 0 Å². The molecular weight excluding hydrogens is 374 g/mol. The van der Waals surface area contributed by atoms with Crippen molar-refractivity contribution in [2.45, 2.75) is 44.6 Å². The van der Waals surface area contributed by atoms with E-state index in [2.05, 4.69) is 5.32 Å². The van der Waals surface area contributed by atoms with Gasteiger partial charge in [0, 0.05) is 25.2 Å². The number of hydrogen-bond donors (Lipinski definition) is 1. The standard InChI is InChI=1S/C17H25N3O6S/c1-12(2)13(3)18-17(21)11-26-16-7-6-14(10-15(16)20(22)23)27(24,25)19-8-4-5-9-19/h6-7,10,12-13H,4-5,8-9,11H2,1-3H3,(H,18,21)/t13-/m0/s1. The topological polar surface area (TPSA) is 119 Å². The highest BCUT2D eigenvalue weighted by Crippen LogP contribution is 2.31. The number of nitro benzene ring substituents is 1. The molecular formula is C17H25N3O6S. The molecule has 1 saturated heterocycles. The Balaban J connectivity index is 2.16. The van der Waals surface area contributed by atoms with Crippen LogP contribution < -0.4 is 10.1 Å². The zero-order chi connectivity index (χ0) is 20.2. The SMILES string of the molecule is CC(C)[C@H](C)NC(=O)COc1ccc(S(=O)(=O)N2CCCC2)cc1[N+](=O)[O-]. The number of carbonyl (C=O) groups is 1. The summed E-state index contributed by atoms with van der Waals surface area (Å²) in [6.45, 7) is 6.18. The summed E-state index contributed by atoms with van der Waals surface area (Å²) in [5.74, 6) is -0.314. The Morgan fingerprint density at radius 1 is 1.30 bits per heavy atom. The minimum atomic E-state index is -3.77. The summed E-state index contributed by atoms with van der Waals surface area (Å²) in [5, 5.41) is 14.1. The molecule has 1 amide bonds. The maximum absolute atomic E-state index is 12.6. The van der Waals surface area contributed by atoms with Crippen LogP contribution in [-0.2, 0) is 14.8 Å². The fourth-order valence-corrected chi connectivity index (χ4v) is 4.14. The van der Waals surface area contributed by atoms with E-state index in [4.69, 9.17) is 4.74 Å². The molecule has 0 aliphatic carbocycles. The summed E-state index contributed by atoms with van der Waals surface area (Å²) in [6.07, 6.45) is 1.54. The average molecular weight is 399 g/mol. The Morgan fingerprint density at radius 2 is 1.93 bits per heavy atom. The van der Waals surface area contributed by atoms with Crippen molar-refractivity contribution in [3.05, 3.63) is 28.3 Å². The second-order valence-corrected chi connectivity index (χ2v) is 8.82. The van der Waals surface area contributed by atoms with Gasteiger partial charge < -0.3 is 10.1 Å². The first-order valence-corrected chi connectivity index (χ1v) is 10.3. The number of rotatable bonds is 8. The van der Waals surface area contributed by atoms with Crippen LogP contribution in [0.3, 0.4) is 0 Å². The molecule has 0 radical (unpaired) electrons. The fraction of sp³-hybridized carbons (Fsp3) is 0.588. The molecule has 1 aromatic carbocycles.